The Morgan fingerprint density at radius 2 is 1.80 bits per heavy atom. The number of H-pyrrole nitrogens is 1. The Hall–Kier alpha value is -3.29. The molecule has 0 unspecified atom stereocenters. The maximum Gasteiger partial charge on any atom is 0.416 e. The van der Waals surface area contributed by atoms with E-state index in [1.165, 1.54) is 12.1 Å². The molecule has 1 aromatic heterocycles. The van der Waals surface area contributed by atoms with E-state index in [1.54, 1.807) is 19.2 Å². The number of aromatic nitrogens is 2. The molecule has 3 aromatic rings. The molecule has 1 saturated carbocycles. The minimum atomic E-state index is -4.40. The molecule has 0 radical (unpaired) electrons. The summed E-state index contributed by atoms with van der Waals surface area (Å²) in [5, 5.41) is 10.2. The van der Waals surface area contributed by atoms with Crippen molar-refractivity contribution < 1.29 is 22.7 Å². The van der Waals surface area contributed by atoms with Gasteiger partial charge in [0.25, 0.3) is 0 Å². The van der Waals surface area contributed by atoms with Crippen molar-refractivity contribution in [3.05, 3.63) is 65.4 Å². The molecule has 2 aromatic carbocycles. The van der Waals surface area contributed by atoms with E-state index >= 15 is 0 Å². The molecule has 8 heteroatoms. The Bertz CT molecular complexity index is 1040. The van der Waals surface area contributed by atoms with E-state index in [-0.39, 0.29) is 18.2 Å². The highest BCUT2D eigenvalue weighted by Gasteiger charge is 2.32. The van der Waals surface area contributed by atoms with Crippen molar-refractivity contribution >= 4 is 11.6 Å². The van der Waals surface area contributed by atoms with Crippen LogP contribution in [0.1, 0.15) is 35.6 Å². The topological polar surface area (TPSA) is 67.0 Å². The number of nitrogens with one attached hydrogen (secondary N) is 2. The van der Waals surface area contributed by atoms with Gasteiger partial charge in [-0.05, 0) is 42.7 Å². The average molecular weight is 415 g/mol. The lowest BCUT2D eigenvalue weighted by atomic mass is 10.1. The molecule has 1 fully saturated rings. The maximum atomic E-state index is 12.9. The first-order valence-electron chi connectivity index (χ1n) is 9.54. The Labute approximate surface area is 171 Å². The van der Waals surface area contributed by atoms with E-state index in [1.807, 2.05) is 12.1 Å². The summed E-state index contributed by atoms with van der Waals surface area (Å²) in [6.45, 7) is 0. The second-order valence-electron chi connectivity index (χ2n) is 7.28. The summed E-state index contributed by atoms with van der Waals surface area (Å²) in [4.78, 5) is 12.7. The highest BCUT2D eigenvalue weighted by molar-refractivity contribution is 5.96. The smallest absolute Gasteiger partial charge is 0.416 e. The number of nitrogens with zero attached hydrogens (tertiary/aromatic N) is 1. The van der Waals surface area contributed by atoms with Crippen molar-refractivity contribution in [2.45, 2.75) is 31.4 Å². The second-order valence-corrected chi connectivity index (χ2v) is 7.28. The zero-order valence-corrected chi connectivity index (χ0v) is 16.2. The van der Waals surface area contributed by atoms with Crippen molar-refractivity contribution in [1.82, 2.24) is 10.2 Å². The third-order valence-electron chi connectivity index (χ3n) is 5.05. The molecule has 4 rings (SSSR count). The SMILES string of the molecule is COc1ccc(CC(=O)Nc2c(-c3ccc(C(F)(F)F)cc3)n[nH]c2C2CC2)cc1. The fourth-order valence-electron chi connectivity index (χ4n) is 3.29. The number of ether oxygens (including phenoxy) is 1. The Balaban J connectivity index is 1.57. The molecule has 30 heavy (non-hydrogen) atoms. The third-order valence-corrected chi connectivity index (χ3v) is 5.05. The average Bonchev–Trinajstić information content (AvgIpc) is 3.49. The fourth-order valence-corrected chi connectivity index (χ4v) is 3.29. The first-order chi connectivity index (χ1) is 14.3. The van der Waals surface area contributed by atoms with Gasteiger partial charge in [0.15, 0.2) is 0 Å². The van der Waals surface area contributed by atoms with Crippen molar-refractivity contribution in [3.63, 3.8) is 0 Å². The standard InChI is InChI=1S/C22H20F3N3O2/c1-30-17-10-2-13(3-11-17)12-18(29)26-21-19(14-4-5-14)27-28-20(21)15-6-8-16(9-7-15)22(23,24)25/h2-3,6-11,14H,4-5,12H2,1H3,(H,26,29)(H,27,28). The molecule has 0 aliphatic heterocycles. The van der Waals surface area contributed by atoms with Crippen molar-refractivity contribution in [3.8, 4) is 17.0 Å². The van der Waals surface area contributed by atoms with Crippen LogP contribution in [-0.4, -0.2) is 23.2 Å². The van der Waals surface area contributed by atoms with Gasteiger partial charge in [-0.3, -0.25) is 9.89 Å². The van der Waals surface area contributed by atoms with E-state index in [0.717, 1.165) is 36.2 Å². The van der Waals surface area contributed by atoms with Gasteiger partial charge in [0.05, 0.1) is 30.5 Å². The first kappa shape index (κ1) is 20.0. The molecule has 0 spiro atoms. The molecule has 1 aliphatic rings. The fraction of sp³-hybridized carbons (Fsp3) is 0.273. The van der Waals surface area contributed by atoms with Crippen LogP contribution in [0.25, 0.3) is 11.3 Å². The van der Waals surface area contributed by atoms with Gasteiger partial charge in [-0.15, -0.1) is 0 Å². The number of methoxy groups -OCH3 is 1. The lowest BCUT2D eigenvalue weighted by molar-refractivity contribution is -0.137. The van der Waals surface area contributed by atoms with E-state index in [4.69, 9.17) is 4.74 Å². The minimum Gasteiger partial charge on any atom is -0.497 e. The molecule has 0 atom stereocenters. The number of amides is 1. The predicted octanol–water partition coefficient (Wildman–Crippen LogP) is 5.16. The van der Waals surface area contributed by atoms with E-state index in [9.17, 15) is 18.0 Å². The van der Waals surface area contributed by atoms with Gasteiger partial charge in [-0.2, -0.15) is 18.3 Å². The molecule has 1 heterocycles. The van der Waals surface area contributed by atoms with Gasteiger partial charge in [0.2, 0.25) is 5.91 Å². The van der Waals surface area contributed by atoms with E-state index in [0.29, 0.717) is 22.7 Å². The number of alkyl halides is 3. The normalized spacial score (nSPS) is 13.9. The van der Waals surface area contributed by atoms with Crippen LogP contribution in [0.2, 0.25) is 0 Å². The van der Waals surface area contributed by atoms with Gasteiger partial charge in [-0.1, -0.05) is 24.3 Å². The van der Waals surface area contributed by atoms with Gasteiger partial charge in [0.1, 0.15) is 11.4 Å². The zero-order chi connectivity index (χ0) is 21.3. The molecule has 0 saturated heterocycles. The zero-order valence-electron chi connectivity index (χ0n) is 16.2. The van der Waals surface area contributed by atoms with Crippen LogP contribution in [-0.2, 0) is 17.4 Å². The molecule has 1 amide bonds. The van der Waals surface area contributed by atoms with Crippen LogP contribution in [0, 0.1) is 0 Å². The second kappa shape index (κ2) is 7.85. The van der Waals surface area contributed by atoms with Gasteiger partial charge in [0, 0.05) is 11.5 Å². The Morgan fingerprint density at radius 3 is 2.37 bits per heavy atom. The number of aromatic amines is 1. The molecule has 0 bridgehead atoms. The Kier molecular flexibility index (Phi) is 5.24. The van der Waals surface area contributed by atoms with Crippen molar-refractivity contribution in [2.75, 3.05) is 12.4 Å². The monoisotopic (exact) mass is 415 g/mol. The van der Waals surface area contributed by atoms with Crippen LogP contribution >= 0.6 is 0 Å². The molecule has 1 aliphatic carbocycles. The van der Waals surface area contributed by atoms with Crippen LogP contribution < -0.4 is 10.1 Å². The number of anilines is 1. The van der Waals surface area contributed by atoms with E-state index < -0.39 is 11.7 Å². The first-order valence-corrected chi connectivity index (χ1v) is 9.54. The number of hydrogen-bond acceptors (Lipinski definition) is 3. The maximum absolute atomic E-state index is 12.9. The van der Waals surface area contributed by atoms with Crippen molar-refractivity contribution in [2.24, 2.45) is 0 Å². The number of carbonyl (C=O) groups excluding carboxylic acids is 1. The summed E-state index contributed by atoms with van der Waals surface area (Å²) in [5.74, 6) is 0.753. The summed E-state index contributed by atoms with van der Waals surface area (Å²) in [5.41, 5.74) is 2.39. The molecule has 156 valence electrons. The van der Waals surface area contributed by atoms with Gasteiger partial charge >= 0.3 is 6.18 Å². The number of carbonyl (C=O) groups is 1. The predicted molar refractivity (Wildman–Crippen MR) is 106 cm³/mol. The minimum absolute atomic E-state index is 0.158. The molecule has 5 nitrogen and oxygen atoms in total. The van der Waals surface area contributed by atoms with Gasteiger partial charge < -0.3 is 10.1 Å². The highest BCUT2D eigenvalue weighted by atomic mass is 19.4. The lowest BCUT2D eigenvalue weighted by Crippen LogP contribution is -2.15. The number of benzene rings is 2. The molecular formula is C22H20F3N3O2. The summed E-state index contributed by atoms with van der Waals surface area (Å²) in [6.07, 6.45) is -2.28. The van der Waals surface area contributed by atoms with Crippen LogP contribution in [0.4, 0.5) is 18.9 Å². The summed E-state index contributed by atoms with van der Waals surface area (Å²) < 4.78 is 43.7. The Morgan fingerprint density at radius 1 is 1.13 bits per heavy atom. The van der Waals surface area contributed by atoms with Crippen LogP contribution in [0.5, 0.6) is 5.75 Å². The number of hydrogen-bond donors (Lipinski definition) is 2. The van der Waals surface area contributed by atoms with Crippen LogP contribution in [0.3, 0.4) is 0 Å². The van der Waals surface area contributed by atoms with Crippen LogP contribution in [0.15, 0.2) is 48.5 Å². The number of halogens is 3. The van der Waals surface area contributed by atoms with Gasteiger partial charge in [-0.25, -0.2) is 0 Å². The summed E-state index contributed by atoms with van der Waals surface area (Å²) >= 11 is 0. The number of rotatable bonds is 6. The highest BCUT2D eigenvalue weighted by Crippen LogP contribution is 2.45. The van der Waals surface area contributed by atoms with Crippen molar-refractivity contribution in [1.29, 1.82) is 0 Å². The summed E-state index contributed by atoms with van der Waals surface area (Å²) in [6, 6.07) is 12.0. The molecule has 2 N–H and O–H groups in total. The largest absolute Gasteiger partial charge is 0.497 e. The molecular weight excluding hydrogens is 395 g/mol. The van der Waals surface area contributed by atoms with E-state index in [2.05, 4.69) is 15.5 Å². The quantitative estimate of drug-likeness (QED) is 0.584. The third kappa shape index (κ3) is 4.32. The summed E-state index contributed by atoms with van der Waals surface area (Å²) in [7, 11) is 1.57. The lowest BCUT2D eigenvalue weighted by Gasteiger charge is -2.10.